The first-order valence-electron chi connectivity index (χ1n) is 9.20. The van der Waals surface area contributed by atoms with Crippen LogP contribution in [0.4, 0.5) is 0 Å². The molecule has 0 amide bonds. The normalized spacial score (nSPS) is 12.1. The monoisotopic (exact) mass is 490 g/mol. The minimum Gasteiger partial charge on any atom is -0.354 e. The van der Waals surface area contributed by atoms with E-state index in [1.807, 2.05) is 30.5 Å². The van der Waals surface area contributed by atoms with Crippen LogP contribution in [0.15, 0.2) is 72.1 Å². The van der Waals surface area contributed by atoms with Gasteiger partial charge in [-0.3, -0.25) is 4.99 Å². The first kappa shape index (κ1) is 21.9. The van der Waals surface area contributed by atoms with Crippen molar-refractivity contribution in [3.63, 3.8) is 0 Å². The van der Waals surface area contributed by atoms with Crippen LogP contribution in [0.25, 0.3) is 5.82 Å². The molecular formula is C21H27IN6. The molecule has 0 fully saturated rings. The van der Waals surface area contributed by atoms with Gasteiger partial charge in [0.15, 0.2) is 11.8 Å². The Hall–Kier alpha value is -2.42. The van der Waals surface area contributed by atoms with Crippen LogP contribution in [0.5, 0.6) is 0 Å². The lowest BCUT2D eigenvalue weighted by atomic mass is 10.1. The summed E-state index contributed by atoms with van der Waals surface area (Å²) >= 11 is 0. The molecule has 0 spiro atoms. The minimum atomic E-state index is 0. The lowest BCUT2D eigenvalue weighted by molar-refractivity contribution is 0.593. The third kappa shape index (κ3) is 6.63. The standard InChI is InChI=1S/C21H26N6.HI/c1-17(9-10-18-7-4-3-5-8-18)26-21(22-2)24-16-19-11-13-23-20(15-19)27-14-6-12-25-27;/h3-8,11-15,17H,9-10,16H2,1-2H3,(H2,22,24,26);1H. The smallest absolute Gasteiger partial charge is 0.191 e. The molecule has 0 radical (unpaired) electrons. The molecule has 0 bridgehead atoms. The van der Waals surface area contributed by atoms with Gasteiger partial charge in [-0.1, -0.05) is 30.3 Å². The van der Waals surface area contributed by atoms with E-state index in [0.717, 1.165) is 30.2 Å². The minimum absolute atomic E-state index is 0. The molecule has 2 N–H and O–H groups in total. The van der Waals surface area contributed by atoms with E-state index in [1.165, 1.54) is 5.56 Å². The Kier molecular flexibility index (Phi) is 8.93. The van der Waals surface area contributed by atoms with Crippen molar-refractivity contribution in [2.45, 2.75) is 32.4 Å². The van der Waals surface area contributed by atoms with Crippen molar-refractivity contribution >= 4 is 29.9 Å². The molecule has 28 heavy (non-hydrogen) atoms. The highest BCUT2D eigenvalue weighted by atomic mass is 127. The van der Waals surface area contributed by atoms with E-state index in [2.05, 4.69) is 56.9 Å². The van der Waals surface area contributed by atoms with Crippen LogP contribution in [-0.4, -0.2) is 33.8 Å². The lowest BCUT2D eigenvalue weighted by Crippen LogP contribution is -2.42. The zero-order valence-electron chi connectivity index (χ0n) is 16.2. The van der Waals surface area contributed by atoms with E-state index in [-0.39, 0.29) is 24.0 Å². The first-order chi connectivity index (χ1) is 13.2. The van der Waals surface area contributed by atoms with Gasteiger partial charge in [-0.15, -0.1) is 24.0 Å². The highest BCUT2D eigenvalue weighted by Gasteiger charge is 2.06. The van der Waals surface area contributed by atoms with E-state index < -0.39 is 0 Å². The summed E-state index contributed by atoms with van der Waals surface area (Å²) in [6.07, 6.45) is 7.52. The van der Waals surface area contributed by atoms with Gasteiger partial charge in [-0.05, 0) is 49.1 Å². The summed E-state index contributed by atoms with van der Waals surface area (Å²) in [6, 6.07) is 16.8. The topological polar surface area (TPSA) is 67.1 Å². The molecule has 0 aliphatic heterocycles. The number of guanidine groups is 1. The summed E-state index contributed by atoms with van der Waals surface area (Å²) in [7, 11) is 1.79. The maximum atomic E-state index is 4.36. The number of aromatic nitrogens is 3. The summed E-state index contributed by atoms with van der Waals surface area (Å²) in [4.78, 5) is 8.69. The predicted octanol–water partition coefficient (Wildman–Crippen LogP) is 3.57. The van der Waals surface area contributed by atoms with Gasteiger partial charge in [0.1, 0.15) is 0 Å². The van der Waals surface area contributed by atoms with Crippen LogP contribution >= 0.6 is 24.0 Å². The van der Waals surface area contributed by atoms with Crippen LogP contribution in [-0.2, 0) is 13.0 Å². The molecule has 0 aliphatic carbocycles. The summed E-state index contributed by atoms with van der Waals surface area (Å²) in [6.45, 7) is 2.85. The van der Waals surface area contributed by atoms with Crippen LogP contribution in [0.3, 0.4) is 0 Å². The Morgan fingerprint density at radius 1 is 1.11 bits per heavy atom. The van der Waals surface area contributed by atoms with Gasteiger partial charge in [0.05, 0.1) is 0 Å². The predicted molar refractivity (Wildman–Crippen MR) is 124 cm³/mol. The van der Waals surface area contributed by atoms with Crippen LogP contribution < -0.4 is 10.6 Å². The summed E-state index contributed by atoms with van der Waals surface area (Å²) in [5.41, 5.74) is 2.48. The molecule has 2 heterocycles. The van der Waals surface area contributed by atoms with Gasteiger partial charge in [0.2, 0.25) is 0 Å². The average Bonchev–Trinajstić information content (AvgIpc) is 3.25. The SMILES string of the molecule is CN=C(NCc1ccnc(-n2cccn2)c1)NC(C)CCc1ccccc1.I. The maximum Gasteiger partial charge on any atom is 0.191 e. The van der Waals surface area contributed by atoms with Crippen molar-refractivity contribution in [1.29, 1.82) is 0 Å². The van der Waals surface area contributed by atoms with Gasteiger partial charge in [-0.25, -0.2) is 9.67 Å². The number of rotatable bonds is 7. The fraction of sp³-hybridized carbons (Fsp3) is 0.286. The number of hydrogen-bond donors (Lipinski definition) is 2. The van der Waals surface area contributed by atoms with Gasteiger partial charge in [0.25, 0.3) is 0 Å². The van der Waals surface area contributed by atoms with Gasteiger partial charge >= 0.3 is 0 Å². The molecule has 3 rings (SSSR count). The zero-order valence-corrected chi connectivity index (χ0v) is 18.6. The number of nitrogens with zero attached hydrogens (tertiary/aromatic N) is 4. The Balaban J connectivity index is 0.00000280. The quantitative estimate of drug-likeness (QED) is 0.302. The van der Waals surface area contributed by atoms with E-state index in [4.69, 9.17) is 0 Å². The van der Waals surface area contributed by atoms with Crippen molar-refractivity contribution in [1.82, 2.24) is 25.4 Å². The molecule has 1 atom stereocenters. The third-order valence-corrected chi connectivity index (χ3v) is 4.32. The molecule has 0 saturated carbocycles. The van der Waals surface area contributed by atoms with E-state index in [9.17, 15) is 0 Å². The molecule has 0 saturated heterocycles. The van der Waals surface area contributed by atoms with E-state index >= 15 is 0 Å². The lowest BCUT2D eigenvalue weighted by Gasteiger charge is -2.18. The Morgan fingerprint density at radius 2 is 1.93 bits per heavy atom. The Bertz CT molecular complexity index is 848. The number of nitrogens with one attached hydrogen (secondary N) is 2. The maximum absolute atomic E-state index is 4.36. The van der Waals surface area contributed by atoms with Gasteiger partial charge < -0.3 is 10.6 Å². The van der Waals surface area contributed by atoms with Crippen LogP contribution in [0.2, 0.25) is 0 Å². The van der Waals surface area contributed by atoms with Crippen molar-refractivity contribution < 1.29 is 0 Å². The highest BCUT2D eigenvalue weighted by molar-refractivity contribution is 14.0. The molecule has 3 aromatic rings. The average molecular weight is 490 g/mol. The Labute approximate surface area is 183 Å². The number of benzene rings is 1. The van der Waals surface area contributed by atoms with E-state index in [0.29, 0.717) is 12.6 Å². The summed E-state index contributed by atoms with van der Waals surface area (Å²) in [5.74, 6) is 1.60. The van der Waals surface area contributed by atoms with Crippen LogP contribution in [0, 0.1) is 0 Å². The second-order valence-electron chi connectivity index (χ2n) is 6.47. The fourth-order valence-corrected chi connectivity index (χ4v) is 2.81. The van der Waals surface area contributed by atoms with Crippen molar-refractivity contribution in [3.8, 4) is 5.82 Å². The van der Waals surface area contributed by atoms with Gasteiger partial charge in [-0.2, -0.15) is 5.10 Å². The molecule has 148 valence electrons. The number of hydrogen-bond acceptors (Lipinski definition) is 3. The molecule has 6 nitrogen and oxygen atoms in total. The van der Waals surface area contributed by atoms with Crippen LogP contribution in [0.1, 0.15) is 24.5 Å². The van der Waals surface area contributed by atoms with Gasteiger partial charge in [0, 0.05) is 38.2 Å². The largest absolute Gasteiger partial charge is 0.354 e. The Morgan fingerprint density at radius 3 is 2.64 bits per heavy atom. The molecular weight excluding hydrogens is 463 g/mol. The second kappa shape index (κ2) is 11.4. The molecule has 1 aromatic carbocycles. The summed E-state index contributed by atoms with van der Waals surface area (Å²) < 4.78 is 1.75. The number of halogens is 1. The molecule has 2 aromatic heterocycles. The van der Waals surface area contributed by atoms with Crippen molar-refractivity contribution in [2.24, 2.45) is 4.99 Å². The zero-order chi connectivity index (χ0) is 18.9. The first-order valence-corrected chi connectivity index (χ1v) is 9.20. The van der Waals surface area contributed by atoms with Crippen molar-refractivity contribution in [3.05, 3.63) is 78.2 Å². The number of aryl methyl sites for hydroxylation is 1. The molecule has 0 aliphatic rings. The second-order valence-corrected chi connectivity index (χ2v) is 6.47. The molecule has 7 heteroatoms. The fourth-order valence-electron chi connectivity index (χ4n) is 2.81. The summed E-state index contributed by atoms with van der Waals surface area (Å²) in [5, 5.41) is 11.0. The third-order valence-electron chi connectivity index (χ3n) is 4.32. The number of pyridine rings is 1. The van der Waals surface area contributed by atoms with Crippen molar-refractivity contribution in [2.75, 3.05) is 7.05 Å². The highest BCUT2D eigenvalue weighted by Crippen LogP contribution is 2.07. The number of aliphatic imine (C=N–C) groups is 1. The van der Waals surface area contributed by atoms with E-state index in [1.54, 1.807) is 24.1 Å². The molecule has 1 unspecified atom stereocenters.